The fourth-order valence-corrected chi connectivity index (χ4v) is 6.99. The van der Waals surface area contributed by atoms with Gasteiger partial charge >= 0.3 is 0 Å². The van der Waals surface area contributed by atoms with Crippen molar-refractivity contribution < 1.29 is 9.59 Å². The number of amides is 2. The summed E-state index contributed by atoms with van der Waals surface area (Å²) in [5, 5.41) is 2.08. The Balaban J connectivity index is 1.15. The Hall–Kier alpha value is -2.15. The van der Waals surface area contributed by atoms with Crippen LogP contribution in [-0.4, -0.2) is 56.8 Å². The molecule has 0 spiro atoms. The van der Waals surface area contributed by atoms with Crippen LogP contribution in [0.1, 0.15) is 78.9 Å². The lowest BCUT2D eigenvalue weighted by Gasteiger charge is -2.44. The first-order valence-electron chi connectivity index (χ1n) is 12.3. The number of fused-ring (bicyclic) bond motifs is 1. The summed E-state index contributed by atoms with van der Waals surface area (Å²) in [7, 11) is 0. The van der Waals surface area contributed by atoms with Crippen LogP contribution >= 0.6 is 11.3 Å². The second-order valence-corrected chi connectivity index (χ2v) is 10.6. The smallest absolute Gasteiger partial charge is 0.254 e. The third kappa shape index (κ3) is 4.63. The quantitative estimate of drug-likeness (QED) is 0.667. The lowest BCUT2D eigenvalue weighted by atomic mass is 9.78. The molecule has 2 aromatic heterocycles. The summed E-state index contributed by atoms with van der Waals surface area (Å²) in [5.41, 5.74) is 0.884. The minimum atomic E-state index is 0.228. The van der Waals surface area contributed by atoms with Crippen molar-refractivity contribution in [3.05, 3.63) is 40.6 Å². The van der Waals surface area contributed by atoms with Gasteiger partial charge in [-0.15, -0.1) is 11.3 Å². The number of hydrogen-bond donors (Lipinski definition) is 0. The maximum Gasteiger partial charge on any atom is 0.254 e. The highest BCUT2D eigenvalue weighted by Crippen LogP contribution is 2.37. The summed E-state index contributed by atoms with van der Waals surface area (Å²) in [6, 6.07) is 2.62. The zero-order chi connectivity index (χ0) is 21.9. The number of imidazole rings is 1. The number of aromatic nitrogens is 2. The molecule has 2 amide bonds. The van der Waals surface area contributed by atoms with E-state index in [9.17, 15) is 9.59 Å². The SMILES string of the molecule is O=C(CCn1ccnc1)N1CCC(c2cc(C(=O)N3CCCC4CCCCC43)cs2)CC1. The lowest BCUT2D eigenvalue weighted by Crippen LogP contribution is -2.49. The highest BCUT2D eigenvalue weighted by atomic mass is 32.1. The third-order valence-corrected chi connectivity index (χ3v) is 8.86. The van der Waals surface area contributed by atoms with Crippen LogP contribution < -0.4 is 0 Å². The van der Waals surface area contributed by atoms with Crippen molar-refractivity contribution in [3.8, 4) is 0 Å². The molecular formula is C25H34N4O2S. The maximum atomic E-state index is 13.3. The van der Waals surface area contributed by atoms with Crippen molar-refractivity contribution in [2.24, 2.45) is 5.92 Å². The van der Waals surface area contributed by atoms with E-state index in [4.69, 9.17) is 0 Å². The molecule has 5 rings (SSSR count). The van der Waals surface area contributed by atoms with Crippen LogP contribution in [0.5, 0.6) is 0 Å². The topological polar surface area (TPSA) is 58.4 Å². The molecule has 2 atom stereocenters. The fraction of sp³-hybridized carbons (Fsp3) is 0.640. The Labute approximate surface area is 194 Å². The Morgan fingerprint density at radius 3 is 2.66 bits per heavy atom. The molecule has 0 aromatic carbocycles. The molecule has 4 heterocycles. The molecule has 7 heteroatoms. The van der Waals surface area contributed by atoms with E-state index in [2.05, 4.69) is 21.3 Å². The number of aryl methyl sites for hydroxylation is 1. The summed E-state index contributed by atoms with van der Waals surface area (Å²) in [6.45, 7) is 3.23. The zero-order valence-electron chi connectivity index (χ0n) is 18.8. The minimum absolute atomic E-state index is 0.228. The van der Waals surface area contributed by atoms with Gasteiger partial charge in [-0.05, 0) is 56.4 Å². The van der Waals surface area contributed by atoms with Gasteiger partial charge in [-0.25, -0.2) is 4.98 Å². The van der Waals surface area contributed by atoms with Crippen LogP contribution in [0.3, 0.4) is 0 Å². The van der Waals surface area contributed by atoms with Gasteiger partial charge in [0.15, 0.2) is 0 Å². The summed E-state index contributed by atoms with van der Waals surface area (Å²) < 4.78 is 1.95. The fourth-order valence-electron chi connectivity index (χ4n) is 5.94. The van der Waals surface area contributed by atoms with E-state index in [0.717, 1.165) is 50.4 Å². The molecule has 6 nitrogen and oxygen atoms in total. The van der Waals surface area contributed by atoms with Gasteiger partial charge in [0.1, 0.15) is 0 Å². The van der Waals surface area contributed by atoms with Gasteiger partial charge in [0.2, 0.25) is 5.91 Å². The van der Waals surface area contributed by atoms with E-state index in [1.165, 1.54) is 37.0 Å². The van der Waals surface area contributed by atoms with Gasteiger partial charge in [-0.2, -0.15) is 0 Å². The lowest BCUT2D eigenvalue weighted by molar-refractivity contribution is -0.132. The molecule has 2 aromatic rings. The van der Waals surface area contributed by atoms with Crippen LogP contribution in [0.2, 0.25) is 0 Å². The van der Waals surface area contributed by atoms with E-state index >= 15 is 0 Å². The highest BCUT2D eigenvalue weighted by Gasteiger charge is 2.36. The van der Waals surface area contributed by atoms with E-state index in [1.54, 1.807) is 23.9 Å². The molecule has 2 unspecified atom stereocenters. The second-order valence-electron chi connectivity index (χ2n) is 9.70. The second kappa shape index (κ2) is 9.77. The van der Waals surface area contributed by atoms with Gasteiger partial charge in [-0.1, -0.05) is 12.8 Å². The Morgan fingerprint density at radius 2 is 1.84 bits per heavy atom. The molecule has 3 aliphatic rings. The van der Waals surface area contributed by atoms with Crippen LogP contribution in [0, 0.1) is 5.92 Å². The van der Waals surface area contributed by atoms with Crippen molar-refractivity contribution in [2.45, 2.75) is 76.3 Å². The molecule has 1 aliphatic carbocycles. The Kier molecular flexibility index (Phi) is 6.62. The van der Waals surface area contributed by atoms with Crippen LogP contribution in [0.25, 0.3) is 0 Å². The predicted octanol–water partition coefficient (Wildman–Crippen LogP) is 4.54. The molecule has 0 bridgehead atoms. The third-order valence-electron chi connectivity index (χ3n) is 7.76. The molecule has 32 heavy (non-hydrogen) atoms. The van der Waals surface area contributed by atoms with Crippen molar-refractivity contribution in [2.75, 3.05) is 19.6 Å². The van der Waals surface area contributed by atoms with Crippen molar-refractivity contribution >= 4 is 23.2 Å². The first-order chi connectivity index (χ1) is 15.7. The number of nitrogens with zero attached hydrogens (tertiary/aromatic N) is 4. The average Bonchev–Trinajstić information content (AvgIpc) is 3.54. The van der Waals surface area contributed by atoms with Crippen LogP contribution in [0.15, 0.2) is 30.2 Å². The Morgan fingerprint density at radius 1 is 1.03 bits per heavy atom. The van der Waals surface area contributed by atoms with Gasteiger partial charge in [0, 0.05) is 61.3 Å². The summed E-state index contributed by atoms with van der Waals surface area (Å²) in [5.74, 6) is 1.65. The van der Waals surface area contributed by atoms with E-state index in [-0.39, 0.29) is 11.8 Å². The molecule has 0 N–H and O–H groups in total. The van der Waals surface area contributed by atoms with Gasteiger partial charge in [-0.3, -0.25) is 9.59 Å². The summed E-state index contributed by atoms with van der Waals surface area (Å²) in [4.78, 5) is 35.4. The zero-order valence-corrected chi connectivity index (χ0v) is 19.6. The number of carbonyl (C=O) groups excluding carboxylic acids is 2. The van der Waals surface area contributed by atoms with Gasteiger partial charge < -0.3 is 14.4 Å². The molecule has 172 valence electrons. The molecule has 1 saturated carbocycles. The number of rotatable bonds is 5. The standard InChI is InChI=1S/C25H34N4O2S/c30-24(9-12-27-15-10-26-18-27)28-13-7-20(8-14-28)23-16-21(17-32-23)25(31)29-11-3-5-19-4-1-2-6-22(19)29/h10,15-20,22H,1-9,11-14H2. The molecule has 2 saturated heterocycles. The van der Waals surface area contributed by atoms with E-state index in [1.807, 2.05) is 15.7 Å². The predicted molar refractivity (Wildman–Crippen MR) is 126 cm³/mol. The van der Waals surface area contributed by atoms with Crippen molar-refractivity contribution in [1.82, 2.24) is 19.4 Å². The number of carbonyl (C=O) groups is 2. The van der Waals surface area contributed by atoms with Crippen LogP contribution in [-0.2, 0) is 11.3 Å². The molecule has 0 radical (unpaired) electrons. The monoisotopic (exact) mass is 454 g/mol. The van der Waals surface area contributed by atoms with Gasteiger partial charge in [0.05, 0.1) is 11.9 Å². The first kappa shape index (κ1) is 21.7. The number of likely N-dealkylation sites (tertiary alicyclic amines) is 2. The molecule has 2 aliphatic heterocycles. The number of hydrogen-bond acceptors (Lipinski definition) is 4. The highest BCUT2D eigenvalue weighted by molar-refractivity contribution is 7.10. The molecular weight excluding hydrogens is 420 g/mol. The van der Waals surface area contributed by atoms with Crippen LogP contribution in [0.4, 0.5) is 0 Å². The Bertz CT molecular complexity index is 914. The number of piperidine rings is 2. The average molecular weight is 455 g/mol. The van der Waals surface area contributed by atoms with E-state index in [0.29, 0.717) is 24.9 Å². The van der Waals surface area contributed by atoms with Crippen molar-refractivity contribution in [1.29, 1.82) is 0 Å². The summed E-state index contributed by atoms with van der Waals surface area (Å²) >= 11 is 1.73. The minimum Gasteiger partial charge on any atom is -0.343 e. The first-order valence-corrected chi connectivity index (χ1v) is 13.2. The summed E-state index contributed by atoms with van der Waals surface area (Å²) in [6.07, 6.45) is 15.4. The largest absolute Gasteiger partial charge is 0.343 e. The molecule has 3 fully saturated rings. The maximum absolute atomic E-state index is 13.3. The van der Waals surface area contributed by atoms with Crippen molar-refractivity contribution in [3.63, 3.8) is 0 Å². The normalized spacial score (nSPS) is 24.4. The van der Waals surface area contributed by atoms with E-state index < -0.39 is 0 Å². The number of thiophene rings is 1. The van der Waals surface area contributed by atoms with Gasteiger partial charge in [0.25, 0.3) is 5.91 Å².